The molecule has 0 aromatic carbocycles. The van der Waals surface area contributed by atoms with E-state index in [9.17, 15) is 13.5 Å². The van der Waals surface area contributed by atoms with Gasteiger partial charge in [0.2, 0.25) is 0 Å². The van der Waals surface area contributed by atoms with E-state index in [1.54, 1.807) is 6.20 Å². The standard InChI is InChI=1S/C12H20N2O3S/c1-14-8-7-13-12(14)6-5-10(15)11-4-2-3-9-18(11,16)17/h7-8,10-11,15H,2-6,9H2,1H3. The number of hydrogen-bond donors (Lipinski definition) is 1. The fourth-order valence-electron chi connectivity index (χ4n) is 2.51. The number of nitrogens with zero attached hydrogens (tertiary/aromatic N) is 2. The van der Waals surface area contributed by atoms with E-state index >= 15 is 0 Å². The predicted molar refractivity (Wildman–Crippen MR) is 69.0 cm³/mol. The molecule has 1 aliphatic heterocycles. The summed E-state index contributed by atoms with van der Waals surface area (Å²) in [6.45, 7) is 0. The van der Waals surface area contributed by atoms with E-state index < -0.39 is 21.2 Å². The summed E-state index contributed by atoms with van der Waals surface area (Å²) in [5, 5.41) is 9.51. The molecule has 1 saturated heterocycles. The van der Waals surface area contributed by atoms with Crippen molar-refractivity contribution < 1.29 is 13.5 Å². The molecule has 6 heteroatoms. The lowest BCUT2D eigenvalue weighted by atomic mass is 10.1. The van der Waals surface area contributed by atoms with Crippen molar-refractivity contribution in [3.63, 3.8) is 0 Å². The molecule has 1 fully saturated rings. The van der Waals surface area contributed by atoms with Gasteiger partial charge in [-0.05, 0) is 19.3 Å². The smallest absolute Gasteiger partial charge is 0.155 e. The molecule has 0 bridgehead atoms. The molecule has 1 aromatic heterocycles. The normalized spacial score (nSPS) is 24.9. The highest BCUT2D eigenvalue weighted by atomic mass is 32.2. The summed E-state index contributed by atoms with van der Waals surface area (Å²) >= 11 is 0. The van der Waals surface area contributed by atoms with Gasteiger partial charge in [-0.2, -0.15) is 0 Å². The first-order chi connectivity index (χ1) is 8.50. The van der Waals surface area contributed by atoms with Crippen LogP contribution in [0.25, 0.3) is 0 Å². The predicted octanol–water partition coefficient (Wildman–Crippen LogP) is 0.681. The van der Waals surface area contributed by atoms with Crippen molar-refractivity contribution >= 4 is 9.84 Å². The minimum atomic E-state index is -3.10. The van der Waals surface area contributed by atoms with Gasteiger partial charge in [-0.1, -0.05) is 6.42 Å². The summed E-state index contributed by atoms with van der Waals surface area (Å²) < 4.78 is 25.6. The molecule has 5 nitrogen and oxygen atoms in total. The van der Waals surface area contributed by atoms with Gasteiger partial charge in [0.1, 0.15) is 5.82 Å². The molecule has 1 N–H and O–H groups in total. The molecule has 0 amide bonds. The highest BCUT2D eigenvalue weighted by Crippen LogP contribution is 2.24. The fraction of sp³-hybridized carbons (Fsp3) is 0.750. The number of aryl methyl sites for hydroxylation is 2. The zero-order chi connectivity index (χ0) is 13.2. The number of sulfone groups is 1. The van der Waals surface area contributed by atoms with Crippen LogP contribution >= 0.6 is 0 Å². The Morgan fingerprint density at radius 3 is 2.94 bits per heavy atom. The van der Waals surface area contributed by atoms with Crippen molar-refractivity contribution in [2.75, 3.05) is 5.75 Å². The van der Waals surface area contributed by atoms with Crippen LogP contribution in [0.5, 0.6) is 0 Å². The van der Waals surface area contributed by atoms with Crippen LogP contribution in [0.2, 0.25) is 0 Å². The number of aromatic nitrogens is 2. The summed E-state index contributed by atoms with van der Waals surface area (Å²) in [4.78, 5) is 4.17. The Morgan fingerprint density at radius 1 is 1.56 bits per heavy atom. The van der Waals surface area contributed by atoms with Crippen LogP contribution in [-0.2, 0) is 23.3 Å². The molecule has 1 aliphatic rings. The maximum absolute atomic E-state index is 11.9. The van der Waals surface area contributed by atoms with Crippen molar-refractivity contribution in [2.24, 2.45) is 7.05 Å². The largest absolute Gasteiger partial charge is 0.392 e. The maximum Gasteiger partial charge on any atom is 0.155 e. The average molecular weight is 272 g/mol. The van der Waals surface area contributed by atoms with E-state index in [0.717, 1.165) is 18.7 Å². The van der Waals surface area contributed by atoms with Crippen molar-refractivity contribution in [2.45, 2.75) is 43.5 Å². The molecular formula is C12H20N2O3S. The lowest BCUT2D eigenvalue weighted by Crippen LogP contribution is -2.38. The first-order valence-corrected chi connectivity index (χ1v) is 8.08. The number of aliphatic hydroxyl groups is 1. The fourth-order valence-corrected chi connectivity index (χ4v) is 4.56. The molecule has 18 heavy (non-hydrogen) atoms. The monoisotopic (exact) mass is 272 g/mol. The number of aliphatic hydroxyl groups excluding tert-OH is 1. The van der Waals surface area contributed by atoms with E-state index in [4.69, 9.17) is 0 Å². The molecule has 0 spiro atoms. The Morgan fingerprint density at radius 2 is 2.33 bits per heavy atom. The van der Waals surface area contributed by atoms with E-state index in [2.05, 4.69) is 4.98 Å². The summed E-state index contributed by atoms with van der Waals surface area (Å²) in [6, 6.07) is 0. The second-order valence-corrected chi connectivity index (χ2v) is 7.30. The van der Waals surface area contributed by atoms with Crippen LogP contribution in [0.1, 0.15) is 31.5 Å². The Kier molecular flexibility index (Phi) is 4.07. The molecule has 2 heterocycles. The molecular weight excluding hydrogens is 252 g/mol. The molecule has 2 rings (SSSR count). The molecule has 2 unspecified atom stereocenters. The average Bonchev–Trinajstić information content (AvgIpc) is 2.71. The van der Waals surface area contributed by atoms with Gasteiger partial charge in [-0.3, -0.25) is 0 Å². The molecule has 0 radical (unpaired) electrons. The third-order valence-electron chi connectivity index (χ3n) is 3.64. The zero-order valence-corrected chi connectivity index (χ0v) is 11.4. The second kappa shape index (κ2) is 5.40. The molecule has 0 aliphatic carbocycles. The second-order valence-electron chi connectivity index (χ2n) is 4.96. The van der Waals surface area contributed by atoms with Crippen LogP contribution in [0.4, 0.5) is 0 Å². The lowest BCUT2D eigenvalue weighted by Gasteiger charge is -2.26. The molecule has 1 aromatic rings. The third-order valence-corrected chi connectivity index (χ3v) is 5.97. The summed E-state index contributed by atoms with van der Waals surface area (Å²) in [5.41, 5.74) is 0. The van der Waals surface area contributed by atoms with Crippen molar-refractivity contribution in [3.8, 4) is 0 Å². The molecule has 102 valence electrons. The Hall–Kier alpha value is -0.880. The summed E-state index contributed by atoms with van der Waals surface area (Å²) in [5.74, 6) is 1.10. The highest BCUT2D eigenvalue weighted by molar-refractivity contribution is 7.92. The van der Waals surface area contributed by atoms with E-state index in [1.165, 1.54) is 0 Å². The van der Waals surface area contributed by atoms with Crippen molar-refractivity contribution in [3.05, 3.63) is 18.2 Å². The maximum atomic E-state index is 11.9. The Balaban J connectivity index is 1.95. The van der Waals surface area contributed by atoms with Crippen LogP contribution in [0.3, 0.4) is 0 Å². The Bertz CT molecular complexity index is 495. The minimum Gasteiger partial charge on any atom is -0.392 e. The van der Waals surface area contributed by atoms with Gasteiger partial charge in [0.15, 0.2) is 9.84 Å². The molecule has 2 atom stereocenters. The van der Waals surface area contributed by atoms with Gasteiger partial charge in [-0.25, -0.2) is 13.4 Å². The SMILES string of the molecule is Cn1ccnc1CCC(O)C1CCCCS1(=O)=O. The number of imidazole rings is 1. The van der Waals surface area contributed by atoms with Crippen LogP contribution < -0.4 is 0 Å². The summed E-state index contributed by atoms with van der Waals surface area (Å²) in [7, 11) is -1.21. The van der Waals surface area contributed by atoms with E-state index in [-0.39, 0.29) is 5.75 Å². The van der Waals surface area contributed by atoms with Crippen molar-refractivity contribution in [1.29, 1.82) is 0 Å². The highest BCUT2D eigenvalue weighted by Gasteiger charge is 2.34. The minimum absolute atomic E-state index is 0.219. The van der Waals surface area contributed by atoms with Gasteiger partial charge >= 0.3 is 0 Å². The van der Waals surface area contributed by atoms with Gasteiger partial charge in [-0.15, -0.1) is 0 Å². The first-order valence-electron chi connectivity index (χ1n) is 6.36. The van der Waals surface area contributed by atoms with Gasteiger partial charge < -0.3 is 9.67 Å². The van der Waals surface area contributed by atoms with Crippen LogP contribution in [0, 0.1) is 0 Å². The van der Waals surface area contributed by atoms with Gasteiger partial charge in [0.25, 0.3) is 0 Å². The van der Waals surface area contributed by atoms with Gasteiger partial charge in [0.05, 0.1) is 17.1 Å². The zero-order valence-electron chi connectivity index (χ0n) is 10.6. The lowest BCUT2D eigenvalue weighted by molar-refractivity contribution is 0.151. The molecule has 0 saturated carbocycles. The quantitative estimate of drug-likeness (QED) is 0.875. The number of rotatable bonds is 4. The summed E-state index contributed by atoms with van der Waals surface area (Å²) in [6.07, 6.45) is 6.05. The van der Waals surface area contributed by atoms with Gasteiger partial charge in [0, 0.05) is 25.9 Å². The number of hydrogen-bond acceptors (Lipinski definition) is 4. The Labute approximate surface area is 108 Å². The van der Waals surface area contributed by atoms with E-state index in [1.807, 2.05) is 17.8 Å². The van der Waals surface area contributed by atoms with E-state index in [0.29, 0.717) is 19.3 Å². The third kappa shape index (κ3) is 2.92. The van der Waals surface area contributed by atoms with Crippen LogP contribution in [0.15, 0.2) is 12.4 Å². The topological polar surface area (TPSA) is 72.2 Å². The van der Waals surface area contributed by atoms with Crippen LogP contribution in [-0.4, -0.2) is 40.2 Å². The first kappa shape index (κ1) is 13.5. The van der Waals surface area contributed by atoms with Crippen molar-refractivity contribution in [1.82, 2.24) is 9.55 Å².